The van der Waals surface area contributed by atoms with Crippen LogP contribution >= 0.6 is 21.6 Å². The van der Waals surface area contributed by atoms with Crippen molar-refractivity contribution in [3.05, 3.63) is 0 Å². The highest BCUT2D eigenvalue weighted by atomic mass is 33.1. The molecule has 0 aliphatic carbocycles. The maximum Gasteiger partial charge on any atom is 0.328 e. The second-order valence-electron chi connectivity index (χ2n) is 6.98. The molecule has 0 fully saturated rings. The Bertz CT molecular complexity index is 508. The summed E-state index contributed by atoms with van der Waals surface area (Å²) >= 11 is 0. The number of nitrogens with one attached hydrogen (secondary N) is 2. The molecule has 10 heteroatoms. The molecule has 8 nitrogen and oxygen atoms in total. The second kappa shape index (κ2) is 12.9. The largest absolute Gasteiger partial charge is 0.467 e. The summed E-state index contributed by atoms with van der Waals surface area (Å²) < 4.78 is 9.42. The molecule has 0 radical (unpaired) electrons. The number of esters is 2. The molecule has 0 heterocycles. The van der Waals surface area contributed by atoms with Crippen molar-refractivity contribution < 1.29 is 28.7 Å². The monoisotopic (exact) mass is 436 g/mol. The van der Waals surface area contributed by atoms with Crippen molar-refractivity contribution in [1.29, 1.82) is 0 Å². The minimum Gasteiger partial charge on any atom is -0.467 e. The molecular weight excluding hydrogens is 404 g/mol. The van der Waals surface area contributed by atoms with Gasteiger partial charge in [0.2, 0.25) is 11.8 Å². The molecule has 0 saturated heterocycles. The van der Waals surface area contributed by atoms with Crippen LogP contribution in [0.1, 0.15) is 41.5 Å². The van der Waals surface area contributed by atoms with Crippen LogP contribution in [0, 0.1) is 11.8 Å². The van der Waals surface area contributed by atoms with Crippen LogP contribution in [0.5, 0.6) is 0 Å². The van der Waals surface area contributed by atoms with Crippen LogP contribution in [0.25, 0.3) is 0 Å². The highest BCUT2D eigenvalue weighted by Gasteiger charge is 2.29. The van der Waals surface area contributed by atoms with E-state index in [0.717, 1.165) is 0 Å². The van der Waals surface area contributed by atoms with Crippen molar-refractivity contribution in [2.75, 3.05) is 14.2 Å². The molecule has 0 aromatic heterocycles. The van der Waals surface area contributed by atoms with Gasteiger partial charge in [-0.05, 0) is 25.7 Å². The lowest BCUT2D eigenvalue weighted by molar-refractivity contribution is -0.146. The summed E-state index contributed by atoms with van der Waals surface area (Å²) in [7, 11) is 4.99. The summed E-state index contributed by atoms with van der Waals surface area (Å²) in [6, 6.07) is -1.45. The third kappa shape index (κ3) is 8.72. The van der Waals surface area contributed by atoms with E-state index in [1.165, 1.54) is 35.8 Å². The van der Waals surface area contributed by atoms with Gasteiger partial charge in [0, 0.05) is 0 Å². The molecule has 2 N–H and O–H groups in total. The van der Waals surface area contributed by atoms with Gasteiger partial charge in [0.1, 0.15) is 12.1 Å². The zero-order chi connectivity index (χ0) is 22.0. The van der Waals surface area contributed by atoms with Crippen molar-refractivity contribution in [2.24, 2.45) is 11.8 Å². The third-order valence-electron chi connectivity index (χ3n) is 3.92. The lowest BCUT2D eigenvalue weighted by atomic mass is 10.0. The zero-order valence-corrected chi connectivity index (χ0v) is 19.4. The average Bonchev–Trinajstić information content (AvgIpc) is 2.65. The molecule has 2 amide bonds. The van der Waals surface area contributed by atoms with Crippen LogP contribution in [-0.4, -0.2) is 60.6 Å². The normalized spacial score (nSPS) is 15.4. The Balaban J connectivity index is 4.69. The van der Waals surface area contributed by atoms with Gasteiger partial charge in [0.25, 0.3) is 0 Å². The number of ether oxygens (including phenoxy) is 2. The first-order valence-electron chi connectivity index (χ1n) is 9.04. The van der Waals surface area contributed by atoms with E-state index in [9.17, 15) is 19.2 Å². The molecule has 0 bridgehead atoms. The Hall–Kier alpha value is -1.42. The summed E-state index contributed by atoms with van der Waals surface area (Å²) in [5.41, 5.74) is 0. The molecular formula is C18H32N2O6S2. The number of carbonyl (C=O) groups excluding carboxylic acids is 4. The fourth-order valence-corrected chi connectivity index (χ4v) is 4.21. The van der Waals surface area contributed by atoms with E-state index in [1.807, 2.05) is 27.7 Å². The van der Waals surface area contributed by atoms with Gasteiger partial charge in [-0.2, -0.15) is 0 Å². The Morgan fingerprint density at radius 3 is 1.14 bits per heavy atom. The number of methoxy groups -OCH3 is 2. The maximum atomic E-state index is 12.3. The molecule has 3 unspecified atom stereocenters. The predicted molar refractivity (Wildman–Crippen MR) is 112 cm³/mol. The Labute approximate surface area is 175 Å². The number of hydrogen-bond donors (Lipinski definition) is 2. The van der Waals surface area contributed by atoms with Gasteiger partial charge in [-0.1, -0.05) is 49.3 Å². The minimum absolute atomic E-state index is 0.114. The van der Waals surface area contributed by atoms with E-state index in [-0.39, 0.29) is 23.7 Å². The molecule has 0 aliphatic heterocycles. The molecule has 0 saturated carbocycles. The highest BCUT2D eigenvalue weighted by Crippen LogP contribution is 2.31. The lowest BCUT2D eigenvalue weighted by Gasteiger charge is -2.23. The van der Waals surface area contributed by atoms with Crippen LogP contribution in [0.15, 0.2) is 0 Å². The SMILES string of the molecule is COC(=O)C(NC(=O)C(C)SSC(C)C(=O)N[C@H](C(=O)OC)C(C)C)C(C)C. The third-order valence-corrected chi connectivity index (χ3v) is 7.10. The Morgan fingerprint density at radius 2 is 0.929 bits per heavy atom. The summed E-state index contributed by atoms with van der Waals surface area (Å²) in [6.07, 6.45) is 0. The van der Waals surface area contributed by atoms with Crippen LogP contribution in [0.2, 0.25) is 0 Å². The van der Waals surface area contributed by atoms with Crippen molar-refractivity contribution in [1.82, 2.24) is 10.6 Å². The van der Waals surface area contributed by atoms with E-state index < -0.39 is 34.5 Å². The highest BCUT2D eigenvalue weighted by molar-refractivity contribution is 8.77. The standard InChI is InChI=1S/C18H32N2O6S2/c1-9(2)13(17(23)25-7)19-15(21)11(5)27-28-12(6)16(22)20-14(10(3)4)18(24)26-8/h9-14H,1-8H3,(H,19,21)(H,20,22)/t11?,12?,13-,14?/m0/s1. The smallest absolute Gasteiger partial charge is 0.328 e. The molecule has 0 aromatic carbocycles. The first-order chi connectivity index (χ1) is 13.0. The van der Waals surface area contributed by atoms with E-state index in [4.69, 9.17) is 9.47 Å². The second-order valence-corrected chi connectivity index (χ2v) is 9.94. The Kier molecular flexibility index (Phi) is 12.3. The summed E-state index contributed by atoms with van der Waals surface area (Å²) in [5, 5.41) is 4.37. The van der Waals surface area contributed by atoms with Gasteiger partial charge >= 0.3 is 11.9 Å². The molecule has 0 aliphatic rings. The van der Waals surface area contributed by atoms with Gasteiger partial charge < -0.3 is 20.1 Å². The summed E-state index contributed by atoms with van der Waals surface area (Å²) in [6.45, 7) is 10.6. The number of carbonyl (C=O) groups is 4. The lowest BCUT2D eigenvalue weighted by Crippen LogP contribution is -2.48. The van der Waals surface area contributed by atoms with E-state index >= 15 is 0 Å². The van der Waals surface area contributed by atoms with E-state index in [1.54, 1.807) is 13.8 Å². The van der Waals surface area contributed by atoms with Crippen molar-refractivity contribution in [2.45, 2.75) is 64.1 Å². The first kappa shape index (κ1) is 26.6. The molecule has 0 rings (SSSR count). The number of rotatable bonds is 11. The van der Waals surface area contributed by atoms with Crippen LogP contribution in [0.3, 0.4) is 0 Å². The topological polar surface area (TPSA) is 111 Å². The number of hydrogen-bond acceptors (Lipinski definition) is 8. The maximum absolute atomic E-state index is 12.3. The van der Waals surface area contributed by atoms with E-state index in [2.05, 4.69) is 10.6 Å². The first-order valence-corrected chi connectivity index (χ1v) is 11.3. The quantitative estimate of drug-likeness (QED) is 0.372. The van der Waals surface area contributed by atoms with Gasteiger partial charge in [-0.3, -0.25) is 9.59 Å². The molecule has 0 spiro atoms. The fourth-order valence-electron chi connectivity index (χ4n) is 2.04. The van der Waals surface area contributed by atoms with Crippen molar-refractivity contribution in [3.63, 3.8) is 0 Å². The van der Waals surface area contributed by atoms with Gasteiger partial charge in [-0.25, -0.2) is 9.59 Å². The van der Waals surface area contributed by atoms with Crippen LogP contribution in [-0.2, 0) is 28.7 Å². The van der Waals surface area contributed by atoms with E-state index in [0.29, 0.717) is 0 Å². The molecule has 4 atom stereocenters. The fraction of sp³-hybridized carbons (Fsp3) is 0.778. The molecule has 28 heavy (non-hydrogen) atoms. The van der Waals surface area contributed by atoms with Gasteiger partial charge in [-0.15, -0.1) is 0 Å². The van der Waals surface area contributed by atoms with Crippen LogP contribution < -0.4 is 10.6 Å². The number of amides is 2. The van der Waals surface area contributed by atoms with Crippen molar-refractivity contribution >= 4 is 45.3 Å². The summed E-state index contributed by atoms with van der Waals surface area (Å²) in [5.74, 6) is -1.85. The Morgan fingerprint density at radius 1 is 0.643 bits per heavy atom. The van der Waals surface area contributed by atoms with Crippen molar-refractivity contribution in [3.8, 4) is 0 Å². The minimum atomic E-state index is -0.724. The van der Waals surface area contributed by atoms with Gasteiger partial charge in [0.15, 0.2) is 0 Å². The predicted octanol–water partition coefficient (Wildman–Crippen LogP) is 1.77. The average molecular weight is 437 g/mol. The molecule has 0 aromatic rings. The zero-order valence-electron chi connectivity index (χ0n) is 17.7. The summed E-state index contributed by atoms with van der Waals surface area (Å²) in [4.78, 5) is 48.2. The molecule has 162 valence electrons. The van der Waals surface area contributed by atoms with Crippen LogP contribution in [0.4, 0.5) is 0 Å². The van der Waals surface area contributed by atoms with Gasteiger partial charge in [0.05, 0.1) is 24.7 Å².